The molecule has 0 aromatic heterocycles. The highest BCUT2D eigenvalue weighted by Gasteiger charge is 2.10. The summed E-state index contributed by atoms with van der Waals surface area (Å²) in [6.45, 7) is 5.21. The Bertz CT molecular complexity index is 431. The fourth-order valence-corrected chi connectivity index (χ4v) is 2.70. The van der Waals surface area contributed by atoms with Crippen molar-refractivity contribution in [3.63, 3.8) is 0 Å². The molecule has 0 saturated heterocycles. The normalized spacial score (nSPS) is 16.4. The zero-order valence-electron chi connectivity index (χ0n) is 11.5. The molecule has 1 unspecified atom stereocenters. The van der Waals surface area contributed by atoms with Gasteiger partial charge in [-0.1, -0.05) is 41.4 Å². The van der Waals surface area contributed by atoms with E-state index in [1.807, 2.05) is 0 Å². The minimum atomic E-state index is 0.640. The Morgan fingerprint density at radius 2 is 2.37 bits per heavy atom. The fourth-order valence-electron chi connectivity index (χ4n) is 2.25. The van der Waals surface area contributed by atoms with Gasteiger partial charge in [0.25, 0.3) is 0 Å². The van der Waals surface area contributed by atoms with Gasteiger partial charge in [-0.2, -0.15) is 0 Å². The summed E-state index contributed by atoms with van der Waals surface area (Å²) in [6, 6.07) is 8.58. The number of aliphatic imine (C=N–C) groups is 1. The second-order valence-corrected chi connectivity index (χ2v) is 5.92. The van der Waals surface area contributed by atoms with E-state index in [1.165, 1.54) is 12.0 Å². The van der Waals surface area contributed by atoms with E-state index in [-0.39, 0.29) is 0 Å². The van der Waals surface area contributed by atoms with Gasteiger partial charge in [-0.15, -0.1) is 0 Å². The summed E-state index contributed by atoms with van der Waals surface area (Å²) in [5.41, 5.74) is 1.39. The zero-order chi connectivity index (χ0) is 13.5. The van der Waals surface area contributed by atoms with Crippen molar-refractivity contribution in [2.45, 2.75) is 26.2 Å². The SMILES string of the molecule is CCC(CNC1=NCCCN1)Cc1cccc(Br)c1. The predicted molar refractivity (Wildman–Crippen MR) is 84.6 cm³/mol. The molecule has 1 aliphatic heterocycles. The van der Waals surface area contributed by atoms with Crippen LogP contribution in [0.25, 0.3) is 0 Å². The molecule has 0 bridgehead atoms. The van der Waals surface area contributed by atoms with Crippen molar-refractivity contribution in [1.29, 1.82) is 0 Å². The third-order valence-electron chi connectivity index (χ3n) is 3.45. The molecular weight excluding hydrogens is 302 g/mol. The van der Waals surface area contributed by atoms with Gasteiger partial charge in [0.2, 0.25) is 0 Å². The molecule has 1 heterocycles. The van der Waals surface area contributed by atoms with Crippen LogP contribution in [0.4, 0.5) is 0 Å². The van der Waals surface area contributed by atoms with Crippen molar-refractivity contribution in [3.05, 3.63) is 34.3 Å². The smallest absolute Gasteiger partial charge is 0.191 e. The molecule has 104 valence electrons. The van der Waals surface area contributed by atoms with Crippen molar-refractivity contribution in [1.82, 2.24) is 10.6 Å². The molecule has 1 atom stereocenters. The van der Waals surface area contributed by atoms with E-state index < -0.39 is 0 Å². The third-order valence-corrected chi connectivity index (χ3v) is 3.94. The van der Waals surface area contributed by atoms with E-state index in [2.05, 4.69) is 62.7 Å². The Morgan fingerprint density at radius 3 is 3.05 bits per heavy atom. The molecule has 0 saturated carbocycles. The van der Waals surface area contributed by atoms with Crippen LogP contribution in [0.5, 0.6) is 0 Å². The standard InChI is InChI=1S/C15H22BrN3/c1-2-12(9-13-5-3-6-14(16)10-13)11-19-15-17-7-4-8-18-15/h3,5-6,10,12H,2,4,7-9,11H2,1H3,(H2,17,18,19). The average molecular weight is 324 g/mol. The largest absolute Gasteiger partial charge is 0.356 e. The highest BCUT2D eigenvalue weighted by atomic mass is 79.9. The Hall–Kier alpha value is -1.03. The lowest BCUT2D eigenvalue weighted by Gasteiger charge is -2.20. The molecule has 3 nitrogen and oxygen atoms in total. The molecule has 0 aliphatic carbocycles. The van der Waals surface area contributed by atoms with Crippen LogP contribution in [-0.2, 0) is 6.42 Å². The number of rotatable bonds is 5. The first-order valence-corrected chi connectivity index (χ1v) is 7.84. The summed E-state index contributed by atoms with van der Waals surface area (Å²) >= 11 is 3.53. The molecule has 0 fully saturated rings. The van der Waals surface area contributed by atoms with E-state index in [9.17, 15) is 0 Å². The van der Waals surface area contributed by atoms with Crippen molar-refractivity contribution in [3.8, 4) is 0 Å². The molecule has 1 aliphatic rings. The van der Waals surface area contributed by atoms with Gasteiger partial charge in [-0.25, -0.2) is 0 Å². The molecule has 1 aromatic carbocycles. The quantitative estimate of drug-likeness (QED) is 0.874. The molecule has 2 N–H and O–H groups in total. The van der Waals surface area contributed by atoms with Crippen molar-refractivity contribution < 1.29 is 0 Å². The highest BCUT2D eigenvalue weighted by Crippen LogP contribution is 2.16. The molecule has 0 spiro atoms. The Morgan fingerprint density at radius 1 is 1.47 bits per heavy atom. The Kier molecular flexibility index (Phi) is 5.70. The topological polar surface area (TPSA) is 36.4 Å². The van der Waals surface area contributed by atoms with Gasteiger partial charge in [0.1, 0.15) is 0 Å². The summed E-state index contributed by atoms with van der Waals surface area (Å²) in [4.78, 5) is 4.44. The molecule has 0 radical (unpaired) electrons. The summed E-state index contributed by atoms with van der Waals surface area (Å²) in [5.74, 6) is 1.61. The van der Waals surface area contributed by atoms with E-state index in [1.54, 1.807) is 0 Å². The van der Waals surface area contributed by atoms with Crippen molar-refractivity contribution >= 4 is 21.9 Å². The van der Waals surface area contributed by atoms with Gasteiger partial charge in [-0.3, -0.25) is 4.99 Å². The molecule has 19 heavy (non-hydrogen) atoms. The van der Waals surface area contributed by atoms with Crippen molar-refractivity contribution in [2.75, 3.05) is 19.6 Å². The minimum absolute atomic E-state index is 0.640. The summed E-state index contributed by atoms with van der Waals surface area (Å²) in [7, 11) is 0. The van der Waals surface area contributed by atoms with Crippen LogP contribution in [0.3, 0.4) is 0 Å². The average Bonchev–Trinajstić information content (AvgIpc) is 2.44. The number of guanidine groups is 1. The van der Waals surface area contributed by atoms with E-state index in [0.717, 1.165) is 42.9 Å². The first-order chi connectivity index (χ1) is 9.28. The maximum atomic E-state index is 4.44. The molecular formula is C15H22BrN3. The summed E-state index contributed by atoms with van der Waals surface area (Å²) in [5, 5.41) is 6.74. The van der Waals surface area contributed by atoms with Crippen molar-refractivity contribution in [2.24, 2.45) is 10.9 Å². The van der Waals surface area contributed by atoms with Gasteiger partial charge in [0.05, 0.1) is 0 Å². The first-order valence-electron chi connectivity index (χ1n) is 7.04. The van der Waals surface area contributed by atoms with Gasteiger partial charge < -0.3 is 10.6 Å². The van der Waals surface area contributed by atoms with E-state index in [4.69, 9.17) is 0 Å². The lowest BCUT2D eigenvalue weighted by atomic mass is 9.97. The first kappa shape index (κ1) is 14.4. The highest BCUT2D eigenvalue weighted by molar-refractivity contribution is 9.10. The van der Waals surface area contributed by atoms with Crippen LogP contribution >= 0.6 is 15.9 Å². The van der Waals surface area contributed by atoms with Crippen LogP contribution in [0.1, 0.15) is 25.3 Å². The fraction of sp³-hybridized carbons (Fsp3) is 0.533. The zero-order valence-corrected chi connectivity index (χ0v) is 13.0. The van der Waals surface area contributed by atoms with E-state index in [0.29, 0.717) is 5.92 Å². The molecule has 1 aromatic rings. The number of nitrogens with zero attached hydrogens (tertiary/aromatic N) is 1. The van der Waals surface area contributed by atoms with Gasteiger partial charge in [-0.05, 0) is 36.5 Å². The second-order valence-electron chi connectivity index (χ2n) is 5.00. The maximum Gasteiger partial charge on any atom is 0.191 e. The monoisotopic (exact) mass is 323 g/mol. The van der Waals surface area contributed by atoms with Gasteiger partial charge in [0.15, 0.2) is 5.96 Å². The predicted octanol–water partition coefficient (Wildman–Crippen LogP) is 2.96. The second kappa shape index (κ2) is 7.53. The lowest BCUT2D eigenvalue weighted by molar-refractivity contribution is 0.491. The third kappa shape index (κ3) is 4.86. The van der Waals surface area contributed by atoms with Crippen LogP contribution in [-0.4, -0.2) is 25.6 Å². The number of nitrogens with one attached hydrogen (secondary N) is 2. The maximum absolute atomic E-state index is 4.44. The van der Waals surface area contributed by atoms with Gasteiger partial charge >= 0.3 is 0 Å². The lowest BCUT2D eigenvalue weighted by Crippen LogP contribution is -2.42. The van der Waals surface area contributed by atoms with Crippen LogP contribution < -0.4 is 10.6 Å². The molecule has 0 amide bonds. The van der Waals surface area contributed by atoms with Gasteiger partial charge in [0, 0.05) is 24.1 Å². The summed E-state index contributed by atoms with van der Waals surface area (Å²) < 4.78 is 1.16. The molecule has 2 rings (SSSR count). The van der Waals surface area contributed by atoms with E-state index >= 15 is 0 Å². The van der Waals surface area contributed by atoms with Crippen LogP contribution in [0, 0.1) is 5.92 Å². The molecule has 4 heteroatoms. The van der Waals surface area contributed by atoms with Crippen LogP contribution in [0.2, 0.25) is 0 Å². The number of hydrogen-bond acceptors (Lipinski definition) is 3. The minimum Gasteiger partial charge on any atom is -0.356 e. The Labute approximate surface area is 124 Å². The number of halogens is 1. The Balaban J connectivity index is 1.84. The number of benzene rings is 1. The van der Waals surface area contributed by atoms with Crippen LogP contribution in [0.15, 0.2) is 33.7 Å². The number of hydrogen-bond donors (Lipinski definition) is 2. The summed E-state index contributed by atoms with van der Waals surface area (Å²) in [6.07, 6.45) is 3.42.